The summed E-state index contributed by atoms with van der Waals surface area (Å²) in [7, 11) is 0. The summed E-state index contributed by atoms with van der Waals surface area (Å²) in [4.78, 5) is 0. The first kappa shape index (κ1) is 15.9. The van der Waals surface area contributed by atoms with Crippen molar-refractivity contribution in [1.82, 2.24) is 5.43 Å². The Balaban J connectivity index is 3.26. The summed E-state index contributed by atoms with van der Waals surface area (Å²) in [6.45, 7) is 5.96. The molecule has 0 spiro atoms. The summed E-state index contributed by atoms with van der Waals surface area (Å²) in [6.07, 6.45) is 10.2. The van der Waals surface area contributed by atoms with Crippen molar-refractivity contribution >= 4 is 0 Å². The Kier molecular flexibility index (Phi) is 12.9. The van der Waals surface area contributed by atoms with Crippen LogP contribution in [0.25, 0.3) is 0 Å². The van der Waals surface area contributed by atoms with E-state index in [0.29, 0.717) is 6.04 Å². The van der Waals surface area contributed by atoms with Crippen molar-refractivity contribution in [1.29, 1.82) is 0 Å². The number of hydrazine groups is 1. The molecule has 0 aliphatic heterocycles. The van der Waals surface area contributed by atoms with Crippen LogP contribution in [-0.4, -0.2) is 19.3 Å². The minimum absolute atomic E-state index is 0.331. The molecule has 0 aromatic carbocycles. The molecule has 0 aliphatic rings. The van der Waals surface area contributed by atoms with Gasteiger partial charge in [0.1, 0.15) is 0 Å². The van der Waals surface area contributed by atoms with Crippen LogP contribution >= 0.6 is 0 Å². The summed E-state index contributed by atoms with van der Waals surface area (Å²) in [5.74, 6) is 5.49. The van der Waals surface area contributed by atoms with Gasteiger partial charge in [0.2, 0.25) is 0 Å². The van der Waals surface area contributed by atoms with E-state index in [4.69, 9.17) is 10.6 Å². The minimum Gasteiger partial charge on any atom is -0.380 e. The molecule has 0 saturated heterocycles. The highest BCUT2D eigenvalue weighted by Crippen LogP contribution is 2.08. The lowest BCUT2D eigenvalue weighted by atomic mass is 10.1. The summed E-state index contributed by atoms with van der Waals surface area (Å²) in [6, 6.07) is 0.331. The van der Waals surface area contributed by atoms with Gasteiger partial charge in [-0.05, 0) is 12.8 Å². The van der Waals surface area contributed by atoms with E-state index in [1.807, 2.05) is 0 Å². The van der Waals surface area contributed by atoms with Crippen LogP contribution in [0.1, 0.15) is 65.2 Å². The smallest absolute Gasteiger partial charge is 0.0633 e. The van der Waals surface area contributed by atoms with Crippen LogP contribution in [-0.2, 0) is 4.74 Å². The van der Waals surface area contributed by atoms with Gasteiger partial charge < -0.3 is 4.74 Å². The number of rotatable bonds is 12. The predicted molar refractivity (Wildman–Crippen MR) is 70.2 cm³/mol. The van der Waals surface area contributed by atoms with Gasteiger partial charge in [-0.25, -0.2) is 0 Å². The van der Waals surface area contributed by atoms with Crippen molar-refractivity contribution in [2.45, 2.75) is 71.3 Å². The molecule has 0 fully saturated rings. The first-order chi connectivity index (χ1) is 7.85. The molecule has 0 bridgehead atoms. The molecule has 98 valence electrons. The van der Waals surface area contributed by atoms with Crippen molar-refractivity contribution in [3.63, 3.8) is 0 Å². The monoisotopic (exact) mass is 230 g/mol. The van der Waals surface area contributed by atoms with Gasteiger partial charge in [-0.3, -0.25) is 11.3 Å². The molecule has 0 saturated carbocycles. The number of unbranched alkanes of at least 4 members (excludes halogenated alkanes) is 5. The van der Waals surface area contributed by atoms with E-state index >= 15 is 0 Å². The van der Waals surface area contributed by atoms with Crippen LogP contribution in [0, 0.1) is 0 Å². The fourth-order valence-electron chi connectivity index (χ4n) is 1.76. The van der Waals surface area contributed by atoms with Gasteiger partial charge in [-0.2, -0.15) is 0 Å². The maximum atomic E-state index is 5.49. The Labute approximate surface area is 101 Å². The maximum absolute atomic E-state index is 5.49. The summed E-state index contributed by atoms with van der Waals surface area (Å²) in [5, 5.41) is 0. The van der Waals surface area contributed by atoms with Gasteiger partial charge in [0.25, 0.3) is 0 Å². The fraction of sp³-hybridized carbons (Fsp3) is 1.00. The number of ether oxygens (including phenoxy) is 1. The second-order valence-corrected chi connectivity index (χ2v) is 4.49. The lowest BCUT2D eigenvalue weighted by molar-refractivity contribution is 0.108. The zero-order valence-electron chi connectivity index (χ0n) is 11.1. The van der Waals surface area contributed by atoms with Crippen molar-refractivity contribution in [3.05, 3.63) is 0 Å². The van der Waals surface area contributed by atoms with Crippen LogP contribution in [0.3, 0.4) is 0 Å². The van der Waals surface area contributed by atoms with E-state index in [2.05, 4.69) is 19.3 Å². The van der Waals surface area contributed by atoms with E-state index < -0.39 is 0 Å². The summed E-state index contributed by atoms with van der Waals surface area (Å²) >= 11 is 0. The van der Waals surface area contributed by atoms with Gasteiger partial charge in [0.15, 0.2) is 0 Å². The Morgan fingerprint density at radius 1 is 1.00 bits per heavy atom. The molecule has 0 aliphatic carbocycles. The summed E-state index contributed by atoms with van der Waals surface area (Å²) < 4.78 is 5.49. The molecule has 3 N–H and O–H groups in total. The van der Waals surface area contributed by atoms with Crippen LogP contribution in [0.2, 0.25) is 0 Å². The topological polar surface area (TPSA) is 47.3 Å². The molecule has 3 nitrogen and oxygen atoms in total. The van der Waals surface area contributed by atoms with Gasteiger partial charge in [0, 0.05) is 12.6 Å². The highest BCUT2D eigenvalue weighted by Gasteiger charge is 2.05. The highest BCUT2D eigenvalue weighted by atomic mass is 16.5. The molecule has 3 heteroatoms. The average Bonchev–Trinajstić information content (AvgIpc) is 2.31. The van der Waals surface area contributed by atoms with E-state index in [0.717, 1.165) is 26.1 Å². The van der Waals surface area contributed by atoms with Crippen molar-refractivity contribution in [2.75, 3.05) is 13.2 Å². The average molecular weight is 230 g/mol. The van der Waals surface area contributed by atoms with Gasteiger partial charge in [-0.15, -0.1) is 0 Å². The lowest BCUT2D eigenvalue weighted by Gasteiger charge is -2.15. The van der Waals surface area contributed by atoms with Crippen LogP contribution < -0.4 is 11.3 Å². The van der Waals surface area contributed by atoms with E-state index in [1.165, 1.54) is 38.5 Å². The second-order valence-electron chi connectivity index (χ2n) is 4.49. The standard InChI is InChI=1S/C13H30N2O/c1-3-5-6-7-8-9-10-13(15-14)12-16-11-4-2/h13,15H,3-12,14H2,1-2H3. The molecule has 0 heterocycles. The number of hydrogen-bond acceptors (Lipinski definition) is 3. The predicted octanol–water partition coefficient (Wildman–Crippen LogP) is 3.00. The lowest BCUT2D eigenvalue weighted by Crippen LogP contribution is -2.38. The Morgan fingerprint density at radius 2 is 1.69 bits per heavy atom. The van der Waals surface area contributed by atoms with E-state index in [9.17, 15) is 0 Å². The molecule has 0 aromatic heterocycles. The molecular formula is C13H30N2O. The first-order valence-corrected chi connectivity index (χ1v) is 6.89. The highest BCUT2D eigenvalue weighted by molar-refractivity contribution is 4.62. The van der Waals surface area contributed by atoms with Crippen LogP contribution in [0.5, 0.6) is 0 Å². The number of hydrogen-bond donors (Lipinski definition) is 2. The fourth-order valence-corrected chi connectivity index (χ4v) is 1.76. The third kappa shape index (κ3) is 10.4. The molecule has 0 rings (SSSR count). The van der Waals surface area contributed by atoms with Gasteiger partial charge in [-0.1, -0.05) is 52.4 Å². The Morgan fingerprint density at radius 3 is 2.31 bits per heavy atom. The van der Waals surface area contributed by atoms with Crippen molar-refractivity contribution in [3.8, 4) is 0 Å². The molecule has 0 amide bonds. The normalized spacial score (nSPS) is 12.9. The third-order valence-corrected chi connectivity index (χ3v) is 2.81. The zero-order chi connectivity index (χ0) is 12.1. The van der Waals surface area contributed by atoms with Crippen molar-refractivity contribution in [2.24, 2.45) is 5.84 Å². The minimum atomic E-state index is 0.331. The third-order valence-electron chi connectivity index (χ3n) is 2.81. The van der Waals surface area contributed by atoms with Crippen LogP contribution in [0.15, 0.2) is 0 Å². The molecular weight excluding hydrogens is 200 g/mol. The summed E-state index contributed by atoms with van der Waals surface area (Å²) in [5.41, 5.74) is 2.84. The SMILES string of the molecule is CCCCCCCCC(COCCC)NN. The molecule has 0 radical (unpaired) electrons. The van der Waals surface area contributed by atoms with E-state index in [-0.39, 0.29) is 0 Å². The van der Waals surface area contributed by atoms with Gasteiger partial charge in [0.05, 0.1) is 6.61 Å². The largest absolute Gasteiger partial charge is 0.380 e. The molecule has 1 unspecified atom stereocenters. The molecule has 16 heavy (non-hydrogen) atoms. The molecule has 1 atom stereocenters. The second kappa shape index (κ2) is 12.9. The maximum Gasteiger partial charge on any atom is 0.0633 e. The number of nitrogens with one attached hydrogen (secondary N) is 1. The molecule has 0 aromatic rings. The quantitative estimate of drug-likeness (QED) is 0.308. The van der Waals surface area contributed by atoms with E-state index in [1.54, 1.807) is 0 Å². The van der Waals surface area contributed by atoms with Gasteiger partial charge >= 0.3 is 0 Å². The van der Waals surface area contributed by atoms with Crippen LogP contribution in [0.4, 0.5) is 0 Å². The first-order valence-electron chi connectivity index (χ1n) is 6.89. The van der Waals surface area contributed by atoms with Crippen molar-refractivity contribution < 1.29 is 4.74 Å². The number of nitrogens with two attached hydrogens (primary N) is 1. The Bertz CT molecular complexity index is 131. The Hall–Kier alpha value is -0.120. The zero-order valence-corrected chi connectivity index (χ0v) is 11.1.